The second-order valence-corrected chi connectivity index (χ2v) is 8.36. The van der Waals surface area contributed by atoms with Gasteiger partial charge < -0.3 is 15.8 Å². The average Bonchev–Trinajstić information content (AvgIpc) is 2.40. The van der Waals surface area contributed by atoms with Crippen LogP contribution in [0.3, 0.4) is 0 Å². The van der Waals surface area contributed by atoms with Crippen molar-refractivity contribution >= 4 is 35.8 Å². The number of carbonyl (C=O) groups excluding carboxylic acids is 1. The third-order valence-electron chi connectivity index (χ3n) is 3.37. The summed E-state index contributed by atoms with van der Waals surface area (Å²) in [5, 5.41) is 2.91. The smallest absolute Gasteiger partial charge is 0.244 e. The molecule has 1 aliphatic heterocycles. The van der Waals surface area contributed by atoms with E-state index in [0.717, 1.165) is 5.69 Å². The normalized spacial score (nSPS) is 17.5. The van der Waals surface area contributed by atoms with E-state index in [1.54, 1.807) is 11.8 Å². The predicted octanol–water partition coefficient (Wildman–Crippen LogP) is 3.45. The number of benzene rings is 1. The average molecular weight is 345 g/mol. The van der Waals surface area contributed by atoms with Crippen LogP contribution in [-0.2, 0) is 9.53 Å². The van der Waals surface area contributed by atoms with Gasteiger partial charge in [-0.1, -0.05) is 20.8 Å². The molecule has 1 aromatic carbocycles. The van der Waals surface area contributed by atoms with Gasteiger partial charge in [0.15, 0.2) is 0 Å². The van der Waals surface area contributed by atoms with Crippen LogP contribution in [0, 0.1) is 0 Å². The fraction of sp³-hybridized carbons (Fsp3) is 0.562. The molecule has 0 unspecified atom stereocenters. The summed E-state index contributed by atoms with van der Waals surface area (Å²) in [6.45, 7) is 7.63. The lowest BCUT2D eigenvalue weighted by Gasteiger charge is -2.31. The highest BCUT2D eigenvalue weighted by Crippen LogP contribution is 2.32. The van der Waals surface area contributed by atoms with E-state index in [-0.39, 0.29) is 23.1 Å². The molecule has 6 heteroatoms. The Morgan fingerprint density at radius 2 is 1.77 bits per heavy atom. The lowest BCUT2D eigenvalue weighted by Crippen LogP contribution is -2.54. The molecule has 2 rings (SSSR count). The highest BCUT2D eigenvalue weighted by Gasteiger charge is 2.35. The summed E-state index contributed by atoms with van der Waals surface area (Å²) in [5.74, 6) is -0.123. The molecule has 124 valence electrons. The molecule has 22 heavy (non-hydrogen) atoms. The second kappa shape index (κ2) is 7.68. The number of ether oxygens (including phenoxy) is 1. The van der Waals surface area contributed by atoms with Crippen molar-refractivity contribution in [2.45, 2.75) is 48.8 Å². The number of anilines is 1. The molecule has 1 aliphatic rings. The van der Waals surface area contributed by atoms with Gasteiger partial charge in [-0.2, -0.15) is 0 Å². The van der Waals surface area contributed by atoms with Crippen molar-refractivity contribution in [3.05, 3.63) is 24.3 Å². The monoisotopic (exact) mass is 344 g/mol. The zero-order valence-corrected chi connectivity index (χ0v) is 15.0. The maximum Gasteiger partial charge on any atom is 0.244 e. The van der Waals surface area contributed by atoms with E-state index in [1.807, 2.05) is 24.3 Å². The summed E-state index contributed by atoms with van der Waals surface area (Å²) in [7, 11) is 0. The van der Waals surface area contributed by atoms with Gasteiger partial charge in [0.1, 0.15) is 5.54 Å². The maximum absolute atomic E-state index is 12.3. The minimum absolute atomic E-state index is 0. The van der Waals surface area contributed by atoms with E-state index in [4.69, 9.17) is 10.5 Å². The Morgan fingerprint density at radius 3 is 2.27 bits per heavy atom. The van der Waals surface area contributed by atoms with Crippen LogP contribution >= 0.6 is 24.2 Å². The van der Waals surface area contributed by atoms with Crippen LogP contribution in [0.1, 0.15) is 33.6 Å². The molecule has 0 bridgehead atoms. The largest absolute Gasteiger partial charge is 0.381 e. The molecule has 0 saturated carbocycles. The first-order valence-electron chi connectivity index (χ1n) is 7.26. The molecule has 0 aromatic heterocycles. The molecule has 1 heterocycles. The Hall–Kier alpha value is -0.750. The highest BCUT2D eigenvalue weighted by atomic mass is 35.5. The van der Waals surface area contributed by atoms with Crippen molar-refractivity contribution in [1.82, 2.24) is 0 Å². The first-order chi connectivity index (χ1) is 9.78. The molecule has 1 aromatic rings. The van der Waals surface area contributed by atoms with E-state index in [2.05, 4.69) is 26.1 Å². The van der Waals surface area contributed by atoms with E-state index in [9.17, 15) is 4.79 Å². The zero-order valence-electron chi connectivity index (χ0n) is 13.3. The number of amides is 1. The molecule has 1 fully saturated rings. The van der Waals surface area contributed by atoms with Crippen LogP contribution in [0.25, 0.3) is 0 Å². The quantitative estimate of drug-likeness (QED) is 0.824. The van der Waals surface area contributed by atoms with Crippen LogP contribution in [-0.4, -0.2) is 29.4 Å². The van der Waals surface area contributed by atoms with Crippen LogP contribution in [0.4, 0.5) is 5.69 Å². The molecule has 1 saturated heterocycles. The molecule has 0 atom stereocenters. The van der Waals surface area contributed by atoms with Crippen molar-refractivity contribution < 1.29 is 9.53 Å². The molecule has 0 aliphatic carbocycles. The number of halogens is 1. The first kappa shape index (κ1) is 19.3. The van der Waals surface area contributed by atoms with Crippen molar-refractivity contribution in [2.24, 2.45) is 5.73 Å². The van der Waals surface area contributed by atoms with Crippen molar-refractivity contribution in [1.29, 1.82) is 0 Å². The number of hydrogen-bond acceptors (Lipinski definition) is 4. The number of carbonyl (C=O) groups is 1. The van der Waals surface area contributed by atoms with Gasteiger partial charge in [0.05, 0.1) is 0 Å². The fourth-order valence-electron chi connectivity index (χ4n) is 2.18. The molecular formula is C16H25ClN2O2S. The standard InChI is InChI=1S/C16H24N2O2S.ClH/c1-15(2,3)21-13-6-4-12(5-7-13)18-14(19)16(17)8-10-20-11-9-16;/h4-7H,8-11,17H2,1-3H3,(H,18,19);1H. The number of rotatable bonds is 3. The summed E-state index contributed by atoms with van der Waals surface area (Å²) in [6.07, 6.45) is 1.13. The number of hydrogen-bond donors (Lipinski definition) is 2. The summed E-state index contributed by atoms with van der Waals surface area (Å²) in [5.41, 5.74) is 6.15. The molecule has 0 radical (unpaired) electrons. The molecule has 3 N–H and O–H groups in total. The Morgan fingerprint density at radius 1 is 1.23 bits per heavy atom. The lowest BCUT2D eigenvalue weighted by atomic mass is 9.90. The highest BCUT2D eigenvalue weighted by molar-refractivity contribution is 8.00. The van der Waals surface area contributed by atoms with Gasteiger partial charge in [-0.3, -0.25) is 4.79 Å². The molecule has 4 nitrogen and oxygen atoms in total. The topological polar surface area (TPSA) is 64.4 Å². The van der Waals surface area contributed by atoms with Gasteiger partial charge in [-0.05, 0) is 37.1 Å². The minimum atomic E-state index is -0.808. The third-order valence-corrected chi connectivity index (χ3v) is 4.49. The van der Waals surface area contributed by atoms with Gasteiger partial charge >= 0.3 is 0 Å². The molecule has 1 amide bonds. The van der Waals surface area contributed by atoms with Gasteiger partial charge in [0.25, 0.3) is 0 Å². The van der Waals surface area contributed by atoms with Crippen LogP contribution in [0.2, 0.25) is 0 Å². The number of thioether (sulfide) groups is 1. The van der Waals surface area contributed by atoms with E-state index in [0.29, 0.717) is 26.1 Å². The van der Waals surface area contributed by atoms with Gasteiger partial charge in [-0.25, -0.2) is 0 Å². The van der Waals surface area contributed by atoms with Crippen molar-refractivity contribution in [3.8, 4) is 0 Å². The predicted molar refractivity (Wildman–Crippen MR) is 94.9 cm³/mol. The van der Waals surface area contributed by atoms with E-state index >= 15 is 0 Å². The third kappa shape index (κ3) is 5.47. The maximum atomic E-state index is 12.3. The van der Waals surface area contributed by atoms with Gasteiger partial charge in [0, 0.05) is 28.5 Å². The second-order valence-electron chi connectivity index (χ2n) is 6.46. The Kier molecular flexibility index (Phi) is 6.74. The SMILES string of the molecule is CC(C)(C)Sc1ccc(NC(=O)C2(N)CCOCC2)cc1.Cl. The summed E-state index contributed by atoms with van der Waals surface area (Å²) < 4.78 is 5.44. The van der Waals surface area contributed by atoms with E-state index in [1.165, 1.54) is 4.90 Å². The minimum Gasteiger partial charge on any atom is -0.381 e. The van der Waals surface area contributed by atoms with Crippen LogP contribution < -0.4 is 11.1 Å². The Bertz CT molecular complexity index is 494. The zero-order chi connectivity index (χ0) is 15.5. The Labute approximate surface area is 143 Å². The Balaban J connectivity index is 0.00000242. The fourth-order valence-corrected chi connectivity index (χ4v) is 3.16. The number of nitrogens with one attached hydrogen (secondary N) is 1. The van der Waals surface area contributed by atoms with E-state index < -0.39 is 5.54 Å². The molecule has 0 spiro atoms. The first-order valence-corrected chi connectivity index (χ1v) is 8.07. The summed E-state index contributed by atoms with van der Waals surface area (Å²) >= 11 is 1.80. The van der Waals surface area contributed by atoms with Crippen LogP contribution in [0.5, 0.6) is 0 Å². The summed E-state index contributed by atoms with van der Waals surface area (Å²) in [6, 6.07) is 7.90. The van der Waals surface area contributed by atoms with Gasteiger partial charge in [-0.15, -0.1) is 24.2 Å². The van der Waals surface area contributed by atoms with Gasteiger partial charge in [0.2, 0.25) is 5.91 Å². The van der Waals surface area contributed by atoms with Crippen LogP contribution in [0.15, 0.2) is 29.2 Å². The molecular weight excluding hydrogens is 320 g/mol. The van der Waals surface area contributed by atoms with Crippen molar-refractivity contribution in [3.63, 3.8) is 0 Å². The summed E-state index contributed by atoms with van der Waals surface area (Å²) in [4.78, 5) is 13.5. The lowest BCUT2D eigenvalue weighted by molar-refractivity contribution is -0.124. The number of nitrogens with two attached hydrogens (primary N) is 1. The van der Waals surface area contributed by atoms with Crippen molar-refractivity contribution in [2.75, 3.05) is 18.5 Å².